The lowest BCUT2D eigenvalue weighted by Crippen LogP contribution is -2.57. The molecule has 0 radical (unpaired) electrons. The van der Waals surface area contributed by atoms with Crippen LogP contribution in [-0.2, 0) is 16.0 Å². The summed E-state index contributed by atoms with van der Waals surface area (Å²) in [7, 11) is 0. The molecule has 4 bridgehead atoms. The van der Waals surface area contributed by atoms with Crippen LogP contribution in [0.5, 0.6) is 0 Å². The average molecular weight is 339 g/mol. The maximum Gasteiger partial charge on any atom is 0.228 e. The monoisotopic (exact) mass is 339 g/mol. The zero-order valence-corrected chi connectivity index (χ0v) is 15.0. The Kier molecular flexibility index (Phi) is 3.89. The van der Waals surface area contributed by atoms with E-state index in [0.717, 1.165) is 37.3 Å². The van der Waals surface area contributed by atoms with Gasteiger partial charge in [0.1, 0.15) is 0 Å². The fraction of sp³-hybridized carbons (Fsp3) is 0.682. The van der Waals surface area contributed by atoms with E-state index in [0.29, 0.717) is 12.5 Å². The number of hydrogen-bond acceptors (Lipinski definition) is 2. The number of benzene rings is 1. The van der Waals surface area contributed by atoms with E-state index in [1.165, 1.54) is 44.1 Å². The number of hydrogen-bond donors (Lipinski definition) is 0. The number of carbonyl (C=O) groups is 1. The summed E-state index contributed by atoms with van der Waals surface area (Å²) in [6, 6.07) is 10.5. The van der Waals surface area contributed by atoms with E-state index in [9.17, 15) is 4.79 Å². The van der Waals surface area contributed by atoms with Crippen LogP contribution in [0.1, 0.15) is 44.1 Å². The van der Waals surface area contributed by atoms with E-state index in [2.05, 4.69) is 29.2 Å². The van der Waals surface area contributed by atoms with Gasteiger partial charge in [0.25, 0.3) is 0 Å². The highest BCUT2D eigenvalue weighted by atomic mass is 16.5. The van der Waals surface area contributed by atoms with Gasteiger partial charge in [-0.05, 0) is 61.8 Å². The summed E-state index contributed by atoms with van der Waals surface area (Å²) < 4.78 is 5.99. The minimum Gasteiger partial charge on any atom is -0.374 e. The molecule has 4 saturated carbocycles. The highest BCUT2D eigenvalue weighted by Crippen LogP contribution is 2.60. The SMILES string of the molecule is O=C(N1CCOC(Cc2ccccc2)C1)C12CC3CC(CC(C3)C1)C2. The van der Waals surface area contributed by atoms with Crippen molar-refractivity contribution in [2.45, 2.75) is 51.0 Å². The topological polar surface area (TPSA) is 29.5 Å². The molecule has 1 amide bonds. The molecule has 5 aliphatic rings. The van der Waals surface area contributed by atoms with Crippen molar-refractivity contribution in [1.82, 2.24) is 4.90 Å². The standard InChI is InChI=1S/C22H29NO2/c24-21(22-12-17-8-18(13-22)10-19(9-17)14-22)23-6-7-25-20(15-23)11-16-4-2-1-3-5-16/h1-5,17-20H,6-15H2. The van der Waals surface area contributed by atoms with Gasteiger partial charge in [-0.15, -0.1) is 0 Å². The predicted octanol–water partition coefficient (Wildman–Crippen LogP) is 3.67. The maximum absolute atomic E-state index is 13.5. The van der Waals surface area contributed by atoms with Gasteiger partial charge >= 0.3 is 0 Å². The summed E-state index contributed by atoms with van der Waals surface area (Å²) in [4.78, 5) is 15.7. The van der Waals surface area contributed by atoms with Crippen molar-refractivity contribution in [3.63, 3.8) is 0 Å². The third-order valence-electron chi connectivity index (χ3n) is 7.22. The molecule has 1 aromatic rings. The summed E-state index contributed by atoms with van der Waals surface area (Å²) in [5.41, 5.74) is 1.29. The highest BCUT2D eigenvalue weighted by Gasteiger charge is 2.55. The Balaban J connectivity index is 1.29. The Morgan fingerprint density at radius 2 is 1.68 bits per heavy atom. The van der Waals surface area contributed by atoms with Crippen LogP contribution in [0.25, 0.3) is 0 Å². The van der Waals surface area contributed by atoms with E-state index in [1.54, 1.807) is 0 Å². The molecule has 1 unspecified atom stereocenters. The largest absolute Gasteiger partial charge is 0.374 e. The molecule has 1 aliphatic heterocycles. The lowest BCUT2D eigenvalue weighted by Gasteiger charge is -2.57. The normalized spacial score (nSPS) is 39.6. The quantitative estimate of drug-likeness (QED) is 0.841. The van der Waals surface area contributed by atoms with Crippen LogP contribution in [0.2, 0.25) is 0 Å². The first-order chi connectivity index (χ1) is 12.2. The first kappa shape index (κ1) is 15.9. The molecule has 1 heterocycles. The second-order valence-corrected chi connectivity index (χ2v) is 9.13. The Morgan fingerprint density at radius 1 is 1.04 bits per heavy atom. The third kappa shape index (κ3) is 2.91. The Labute approximate surface area is 150 Å². The van der Waals surface area contributed by atoms with E-state index in [1.807, 2.05) is 6.07 Å². The predicted molar refractivity (Wildman–Crippen MR) is 97.1 cm³/mol. The second kappa shape index (κ2) is 6.12. The Bertz CT molecular complexity index is 605. The summed E-state index contributed by atoms with van der Waals surface area (Å²) in [5.74, 6) is 2.96. The summed E-state index contributed by atoms with van der Waals surface area (Å²) in [5, 5.41) is 0. The van der Waals surface area contributed by atoms with Crippen LogP contribution >= 0.6 is 0 Å². The van der Waals surface area contributed by atoms with Crippen molar-refractivity contribution >= 4 is 5.91 Å². The van der Waals surface area contributed by atoms with Gasteiger partial charge in [-0.25, -0.2) is 0 Å². The minimum atomic E-state index is -0.0105. The van der Waals surface area contributed by atoms with Gasteiger partial charge in [0, 0.05) is 19.5 Å². The fourth-order valence-electron chi connectivity index (χ4n) is 6.61. The highest BCUT2D eigenvalue weighted by molar-refractivity contribution is 5.83. The molecule has 1 aromatic carbocycles. The average Bonchev–Trinajstić information content (AvgIpc) is 2.61. The fourth-order valence-corrected chi connectivity index (χ4v) is 6.61. The molecule has 1 saturated heterocycles. The van der Waals surface area contributed by atoms with Gasteiger partial charge in [-0.3, -0.25) is 4.79 Å². The van der Waals surface area contributed by atoms with Crippen LogP contribution < -0.4 is 0 Å². The van der Waals surface area contributed by atoms with Gasteiger partial charge < -0.3 is 9.64 Å². The van der Waals surface area contributed by atoms with E-state index in [-0.39, 0.29) is 11.5 Å². The second-order valence-electron chi connectivity index (χ2n) is 9.13. The van der Waals surface area contributed by atoms with E-state index in [4.69, 9.17) is 4.74 Å². The Hall–Kier alpha value is -1.35. The summed E-state index contributed by atoms with van der Waals surface area (Å²) in [6.07, 6.45) is 8.74. The first-order valence-corrected chi connectivity index (χ1v) is 10.2. The molecule has 6 rings (SSSR count). The molecule has 134 valence electrons. The summed E-state index contributed by atoms with van der Waals surface area (Å²) in [6.45, 7) is 2.25. The lowest BCUT2D eigenvalue weighted by atomic mass is 9.49. The van der Waals surface area contributed by atoms with Crippen LogP contribution in [-0.4, -0.2) is 36.6 Å². The summed E-state index contributed by atoms with van der Waals surface area (Å²) >= 11 is 0. The lowest BCUT2D eigenvalue weighted by molar-refractivity contribution is -0.164. The molecule has 25 heavy (non-hydrogen) atoms. The maximum atomic E-state index is 13.5. The van der Waals surface area contributed by atoms with Crippen molar-refractivity contribution in [1.29, 1.82) is 0 Å². The number of morpholine rings is 1. The van der Waals surface area contributed by atoms with Crippen molar-refractivity contribution in [3.05, 3.63) is 35.9 Å². The zero-order valence-electron chi connectivity index (χ0n) is 15.0. The zero-order chi connectivity index (χ0) is 16.9. The van der Waals surface area contributed by atoms with Crippen molar-refractivity contribution in [3.8, 4) is 0 Å². The van der Waals surface area contributed by atoms with E-state index >= 15 is 0 Å². The van der Waals surface area contributed by atoms with Gasteiger partial charge in [0.2, 0.25) is 5.91 Å². The number of rotatable bonds is 3. The molecule has 4 aliphatic carbocycles. The van der Waals surface area contributed by atoms with Gasteiger partial charge in [-0.1, -0.05) is 30.3 Å². The molecule has 3 nitrogen and oxygen atoms in total. The van der Waals surface area contributed by atoms with Gasteiger partial charge in [0.05, 0.1) is 18.1 Å². The first-order valence-electron chi connectivity index (χ1n) is 10.2. The van der Waals surface area contributed by atoms with Gasteiger partial charge in [0.15, 0.2) is 0 Å². The third-order valence-corrected chi connectivity index (χ3v) is 7.22. The van der Waals surface area contributed by atoms with Crippen LogP contribution in [0.15, 0.2) is 30.3 Å². The molecular weight excluding hydrogens is 310 g/mol. The molecule has 0 aromatic heterocycles. The molecule has 5 fully saturated rings. The molecule has 0 N–H and O–H groups in total. The Morgan fingerprint density at radius 3 is 2.32 bits per heavy atom. The number of carbonyl (C=O) groups excluding carboxylic acids is 1. The molecular formula is C22H29NO2. The number of ether oxygens (including phenoxy) is 1. The van der Waals surface area contributed by atoms with Crippen molar-refractivity contribution in [2.75, 3.05) is 19.7 Å². The molecule has 3 heteroatoms. The number of amides is 1. The van der Waals surface area contributed by atoms with Crippen molar-refractivity contribution in [2.24, 2.45) is 23.2 Å². The number of nitrogens with zero attached hydrogens (tertiary/aromatic N) is 1. The van der Waals surface area contributed by atoms with Crippen LogP contribution in [0, 0.1) is 23.2 Å². The minimum absolute atomic E-state index is 0.0105. The molecule has 1 atom stereocenters. The smallest absolute Gasteiger partial charge is 0.228 e. The van der Waals surface area contributed by atoms with Crippen LogP contribution in [0.3, 0.4) is 0 Å². The van der Waals surface area contributed by atoms with Gasteiger partial charge in [-0.2, -0.15) is 0 Å². The van der Waals surface area contributed by atoms with Crippen LogP contribution in [0.4, 0.5) is 0 Å². The van der Waals surface area contributed by atoms with E-state index < -0.39 is 0 Å². The molecule has 0 spiro atoms. The van der Waals surface area contributed by atoms with Crippen molar-refractivity contribution < 1.29 is 9.53 Å².